The highest BCUT2D eigenvalue weighted by Gasteiger charge is 2.38. The van der Waals surface area contributed by atoms with Gasteiger partial charge in [-0.3, -0.25) is 0 Å². The van der Waals surface area contributed by atoms with Crippen LogP contribution in [-0.4, -0.2) is 42.0 Å². The van der Waals surface area contributed by atoms with Crippen molar-refractivity contribution in [1.29, 1.82) is 5.26 Å². The van der Waals surface area contributed by atoms with Crippen molar-refractivity contribution in [3.05, 3.63) is 0 Å². The third kappa shape index (κ3) is 2.54. The first-order valence-corrected chi connectivity index (χ1v) is 6.62. The van der Waals surface area contributed by atoms with E-state index in [4.69, 9.17) is 5.26 Å². The summed E-state index contributed by atoms with van der Waals surface area (Å²) in [5, 5.41) is 8.59. The van der Waals surface area contributed by atoms with Crippen molar-refractivity contribution in [3.8, 4) is 6.07 Å². The summed E-state index contributed by atoms with van der Waals surface area (Å²) in [6.07, 6.45) is 6.92. The van der Waals surface area contributed by atoms with Crippen LogP contribution < -0.4 is 0 Å². The van der Waals surface area contributed by atoms with E-state index in [9.17, 15) is 4.79 Å². The summed E-state index contributed by atoms with van der Waals surface area (Å²) < 4.78 is 0. The van der Waals surface area contributed by atoms with E-state index in [2.05, 4.69) is 6.07 Å². The van der Waals surface area contributed by atoms with E-state index in [1.54, 1.807) is 0 Å². The van der Waals surface area contributed by atoms with Crippen LogP contribution in [-0.2, 0) is 0 Å². The fourth-order valence-electron chi connectivity index (χ4n) is 3.15. The van der Waals surface area contributed by atoms with Gasteiger partial charge in [0, 0.05) is 20.1 Å². The summed E-state index contributed by atoms with van der Waals surface area (Å²) in [5.41, 5.74) is 0. The minimum atomic E-state index is 0.107. The number of nitrogens with zero attached hydrogens (tertiary/aromatic N) is 3. The Kier molecular flexibility index (Phi) is 3.88. The van der Waals surface area contributed by atoms with Crippen LogP contribution in [0.4, 0.5) is 4.79 Å². The molecule has 0 aromatic rings. The number of carbonyl (C=O) groups is 1. The molecule has 0 N–H and O–H groups in total. The normalized spacial score (nSPS) is 26.4. The van der Waals surface area contributed by atoms with Gasteiger partial charge in [0.2, 0.25) is 0 Å². The first-order chi connectivity index (χ1) is 8.24. The van der Waals surface area contributed by atoms with Gasteiger partial charge >= 0.3 is 6.03 Å². The lowest BCUT2D eigenvalue weighted by Crippen LogP contribution is -2.36. The zero-order valence-corrected chi connectivity index (χ0v) is 10.6. The van der Waals surface area contributed by atoms with Gasteiger partial charge in [0.1, 0.15) is 0 Å². The third-order valence-corrected chi connectivity index (χ3v) is 4.16. The smallest absolute Gasteiger partial charge is 0.320 e. The lowest BCUT2D eigenvalue weighted by Gasteiger charge is -2.30. The molecule has 94 valence electrons. The van der Waals surface area contributed by atoms with Gasteiger partial charge in [-0.1, -0.05) is 19.3 Å². The highest BCUT2D eigenvalue weighted by Crippen LogP contribution is 2.32. The van der Waals surface area contributed by atoms with Gasteiger partial charge < -0.3 is 9.80 Å². The second-order valence-electron chi connectivity index (χ2n) is 5.21. The lowest BCUT2D eigenvalue weighted by atomic mass is 9.84. The molecule has 2 rings (SSSR count). The van der Waals surface area contributed by atoms with Crippen LogP contribution in [0.15, 0.2) is 0 Å². The number of nitriles is 1. The van der Waals surface area contributed by atoms with Crippen molar-refractivity contribution in [3.63, 3.8) is 0 Å². The Bertz CT molecular complexity index is 317. The van der Waals surface area contributed by atoms with Crippen LogP contribution in [0.5, 0.6) is 0 Å². The van der Waals surface area contributed by atoms with E-state index < -0.39 is 0 Å². The number of likely N-dealkylation sites (N-methyl/N-ethyl adjacent to an activating group) is 1. The number of urea groups is 1. The highest BCUT2D eigenvalue weighted by atomic mass is 16.2. The van der Waals surface area contributed by atoms with Crippen LogP contribution in [0.25, 0.3) is 0 Å². The molecule has 1 unspecified atom stereocenters. The first-order valence-electron chi connectivity index (χ1n) is 6.62. The zero-order chi connectivity index (χ0) is 12.3. The summed E-state index contributed by atoms with van der Waals surface area (Å²) in [7, 11) is 1.91. The van der Waals surface area contributed by atoms with Crippen LogP contribution in [0.2, 0.25) is 0 Å². The van der Waals surface area contributed by atoms with Crippen LogP contribution in [0.3, 0.4) is 0 Å². The molecule has 1 heterocycles. The second-order valence-corrected chi connectivity index (χ2v) is 5.21. The van der Waals surface area contributed by atoms with Crippen LogP contribution in [0.1, 0.15) is 38.5 Å². The fourth-order valence-corrected chi connectivity index (χ4v) is 3.15. The number of amides is 2. The van der Waals surface area contributed by atoms with Gasteiger partial charge in [0.25, 0.3) is 0 Å². The quantitative estimate of drug-likeness (QED) is 0.753. The van der Waals surface area contributed by atoms with Crippen LogP contribution >= 0.6 is 0 Å². The molecule has 1 saturated carbocycles. The first kappa shape index (κ1) is 12.2. The number of hydrogen-bond acceptors (Lipinski definition) is 2. The Hall–Kier alpha value is -1.24. The maximum Gasteiger partial charge on any atom is 0.320 e. The van der Waals surface area contributed by atoms with Crippen molar-refractivity contribution >= 4 is 6.03 Å². The molecule has 0 radical (unpaired) electrons. The topological polar surface area (TPSA) is 47.3 Å². The van der Waals surface area contributed by atoms with Crippen molar-refractivity contribution < 1.29 is 4.79 Å². The summed E-state index contributed by atoms with van der Waals surface area (Å²) in [5.74, 6) is 0.671. The molecule has 17 heavy (non-hydrogen) atoms. The molecule has 1 aliphatic carbocycles. The van der Waals surface area contributed by atoms with E-state index in [1.807, 2.05) is 16.8 Å². The number of rotatable bonds is 3. The van der Waals surface area contributed by atoms with Crippen LogP contribution in [0, 0.1) is 17.2 Å². The van der Waals surface area contributed by atoms with E-state index >= 15 is 0 Å². The van der Waals surface area contributed by atoms with Crippen molar-refractivity contribution in [1.82, 2.24) is 9.80 Å². The molecule has 4 nitrogen and oxygen atoms in total. The molecular weight excluding hydrogens is 214 g/mol. The van der Waals surface area contributed by atoms with Gasteiger partial charge in [-0.05, 0) is 18.8 Å². The molecule has 0 aromatic carbocycles. The molecular formula is C13H21N3O. The van der Waals surface area contributed by atoms with Gasteiger partial charge in [-0.2, -0.15) is 5.26 Å². The summed E-state index contributed by atoms with van der Waals surface area (Å²) in [6, 6.07) is 2.60. The lowest BCUT2D eigenvalue weighted by molar-refractivity contribution is 0.180. The standard InChI is InChI=1S/C13H21N3O/c1-15-12(11-6-3-2-4-7-11)10-16(13(15)17)9-5-8-14/h11-12H,2-7,9-10H2,1H3. The predicted molar refractivity (Wildman–Crippen MR) is 65.3 cm³/mol. The number of hydrogen-bond donors (Lipinski definition) is 0. The third-order valence-electron chi connectivity index (χ3n) is 4.16. The van der Waals surface area contributed by atoms with Gasteiger partial charge in [-0.15, -0.1) is 0 Å². The molecule has 2 amide bonds. The van der Waals surface area contributed by atoms with E-state index in [-0.39, 0.29) is 6.03 Å². The number of carbonyl (C=O) groups excluding carboxylic acids is 1. The molecule has 4 heteroatoms. The predicted octanol–water partition coefficient (Wildman–Crippen LogP) is 2.22. The molecule has 0 aromatic heterocycles. The second kappa shape index (κ2) is 5.39. The fraction of sp³-hybridized carbons (Fsp3) is 0.846. The molecule has 0 spiro atoms. The minimum absolute atomic E-state index is 0.107. The van der Waals surface area contributed by atoms with E-state index in [0.717, 1.165) is 6.54 Å². The van der Waals surface area contributed by atoms with Crippen molar-refractivity contribution in [2.24, 2.45) is 5.92 Å². The van der Waals surface area contributed by atoms with E-state index in [0.29, 0.717) is 24.9 Å². The Labute approximate surface area is 103 Å². The molecule has 0 bridgehead atoms. The summed E-state index contributed by atoms with van der Waals surface area (Å²) >= 11 is 0. The van der Waals surface area contributed by atoms with Gasteiger partial charge in [0.15, 0.2) is 0 Å². The highest BCUT2D eigenvalue weighted by molar-refractivity contribution is 5.77. The SMILES string of the molecule is CN1C(=O)N(CCC#N)CC1C1CCCCC1. The Balaban J connectivity index is 1.95. The average molecular weight is 235 g/mol. The summed E-state index contributed by atoms with van der Waals surface area (Å²) in [4.78, 5) is 15.7. The molecule has 1 atom stereocenters. The minimum Gasteiger partial charge on any atom is -0.323 e. The largest absolute Gasteiger partial charge is 0.323 e. The maximum atomic E-state index is 12.0. The molecule has 2 fully saturated rings. The monoisotopic (exact) mass is 235 g/mol. The van der Waals surface area contributed by atoms with Crippen molar-refractivity contribution in [2.45, 2.75) is 44.6 Å². The molecule has 1 aliphatic heterocycles. The maximum absolute atomic E-state index is 12.0. The Morgan fingerprint density at radius 3 is 2.71 bits per heavy atom. The average Bonchev–Trinajstić information content (AvgIpc) is 2.65. The van der Waals surface area contributed by atoms with Crippen molar-refractivity contribution in [2.75, 3.05) is 20.1 Å². The molecule has 1 saturated heterocycles. The van der Waals surface area contributed by atoms with Gasteiger partial charge in [-0.25, -0.2) is 4.79 Å². The van der Waals surface area contributed by atoms with Gasteiger partial charge in [0.05, 0.1) is 18.5 Å². The Morgan fingerprint density at radius 2 is 2.06 bits per heavy atom. The summed E-state index contributed by atoms with van der Waals surface area (Å²) in [6.45, 7) is 1.41. The Morgan fingerprint density at radius 1 is 1.35 bits per heavy atom. The zero-order valence-electron chi connectivity index (χ0n) is 10.6. The van der Waals surface area contributed by atoms with E-state index in [1.165, 1.54) is 32.1 Å². The molecule has 2 aliphatic rings.